The molecule has 0 spiro atoms. The highest BCUT2D eigenvalue weighted by molar-refractivity contribution is 5.77. The first-order valence-electron chi connectivity index (χ1n) is 8.16. The summed E-state index contributed by atoms with van der Waals surface area (Å²) in [6, 6.07) is 9.37. The lowest BCUT2D eigenvalue weighted by Gasteiger charge is -2.33. The smallest absolute Gasteiger partial charge is 0.226 e. The van der Waals surface area contributed by atoms with Gasteiger partial charge in [0.15, 0.2) is 0 Å². The molecule has 23 heavy (non-hydrogen) atoms. The Bertz CT molecular complexity index is 598. The summed E-state index contributed by atoms with van der Waals surface area (Å²) in [5.74, 6) is -0.0586. The molecule has 4 heteroatoms. The molecule has 0 radical (unpaired) electrons. The van der Waals surface area contributed by atoms with E-state index in [1.165, 1.54) is 0 Å². The molecule has 0 heterocycles. The lowest BCUT2D eigenvalue weighted by molar-refractivity contribution is -0.137. The predicted molar refractivity (Wildman–Crippen MR) is 89.4 cm³/mol. The highest BCUT2D eigenvalue weighted by Crippen LogP contribution is 2.31. The largest absolute Gasteiger partial charge is 0.389 e. The van der Waals surface area contributed by atoms with Crippen molar-refractivity contribution in [3.8, 4) is 6.07 Å². The molecule has 4 nitrogen and oxygen atoms in total. The van der Waals surface area contributed by atoms with E-state index in [-0.39, 0.29) is 12.3 Å². The van der Waals surface area contributed by atoms with Crippen LogP contribution < -0.4 is 0 Å². The second-order valence-corrected chi connectivity index (χ2v) is 6.34. The number of hydrogen-bond acceptors (Lipinski definition) is 3. The van der Waals surface area contributed by atoms with Gasteiger partial charge in [-0.3, -0.25) is 4.79 Å². The van der Waals surface area contributed by atoms with Crippen molar-refractivity contribution in [3.63, 3.8) is 0 Å². The maximum Gasteiger partial charge on any atom is 0.226 e. The fraction of sp³-hybridized carbons (Fsp3) is 0.474. The molecule has 0 bridgehead atoms. The van der Waals surface area contributed by atoms with Crippen LogP contribution in [0, 0.1) is 11.3 Å². The van der Waals surface area contributed by atoms with Gasteiger partial charge in [-0.1, -0.05) is 37.5 Å². The van der Waals surface area contributed by atoms with Crippen LogP contribution in [0.4, 0.5) is 0 Å². The number of hydrogen-bond donors (Lipinski definition) is 1. The van der Waals surface area contributed by atoms with Crippen molar-refractivity contribution >= 4 is 5.91 Å². The summed E-state index contributed by atoms with van der Waals surface area (Å²) >= 11 is 0. The highest BCUT2D eigenvalue weighted by Gasteiger charge is 2.33. The van der Waals surface area contributed by atoms with Crippen molar-refractivity contribution < 1.29 is 9.90 Å². The average Bonchev–Trinajstić information content (AvgIpc) is 2.55. The topological polar surface area (TPSA) is 64.3 Å². The molecular formula is C19H24N2O2. The Morgan fingerprint density at radius 3 is 2.78 bits per heavy atom. The minimum Gasteiger partial charge on any atom is -0.389 e. The van der Waals surface area contributed by atoms with Gasteiger partial charge in [-0.15, -0.1) is 6.58 Å². The Hall–Kier alpha value is -2.12. The van der Waals surface area contributed by atoms with Gasteiger partial charge < -0.3 is 10.0 Å². The summed E-state index contributed by atoms with van der Waals surface area (Å²) in [6.45, 7) is 4.58. The monoisotopic (exact) mass is 312 g/mol. The Morgan fingerprint density at radius 2 is 2.13 bits per heavy atom. The third-order valence-corrected chi connectivity index (χ3v) is 4.40. The molecule has 0 saturated heterocycles. The second kappa shape index (κ2) is 7.94. The van der Waals surface area contributed by atoms with Crippen LogP contribution in [0.25, 0.3) is 0 Å². The predicted octanol–water partition coefficient (Wildman–Crippen LogP) is 3.16. The van der Waals surface area contributed by atoms with Crippen molar-refractivity contribution in [1.29, 1.82) is 5.26 Å². The normalized spacial score (nSPS) is 16.3. The number of amides is 1. The van der Waals surface area contributed by atoms with Crippen LogP contribution in [-0.4, -0.2) is 28.1 Å². The highest BCUT2D eigenvalue weighted by atomic mass is 16.3. The van der Waals surface area contributed by atoms with Gasteiger partial charge in [0.2, 0.25) is 5.91 Å². The maximum atomic E-state index is 12.6. The third kappa shape index (κ3) is 4.94. The first-order chi connectivity index (χ1) is 11.1. The molecule has 0 aromatic heterocycles. The summed E-state index contributed by atoms with van der Waals surface area (Å²) in [4.78, 5) is 14.3. The van der Waals surface area contributed by atoms with Crippen molar-refractivity contribution in [3.05, 3.63) is 48.0 Å². The number of nitrogens with zero attached hydrogens (tertiary/aromatic N) is 2. The molecular weight excluding hydrogens is 288 g/mol. The van der Waals surface area contributed by atoms with Gasteiger partial charge >= 0.3 is 0 Å². The van der Waals surface area contributed by atoms with E-state index in [0.717, 1.165) is 24.8 Å². The summed E-state index contributed by atoms with van der Waals surface area (Å²) in [7, 11) is 0. The first-order valence-corrected chi connectivity index (χ1v) is 8.16. The van der Waals surface area contributed by atoms with Crippen LogP contribution in [0.1, 0.15) is 49.7 Å². The molecule has 0 aliphatic heterocycles. The van der Waals surface area contributed by atoms with Gasteiger partial charge in [-0.2, -0.15) is 5.26 Å². The van der Waals surface area contributed by atoms with Gasteiger partial charge in [-0.05, 0) is 30.5 Å². The van der Waals surface area contributed by atoms with E-state index in [1.54, 1.807) is 23.1 Å². The Morgan fingerprint density at radius 1 is 1.39 bits per heavy atom. The molecule has 0 unspecified atom stereocenters. The lowest BCUT2D eigenvalue weighted by Crippen LogP contribution is -2.40. The van der Waals surface area contributed by atoms with Gasteiger partial charge in [0.05, 0.1) is 23.7 Å². The Labute approximate surface area is 138 Å². The Balaban J connectivity index is 2.06. The van der Waals surface area contributed by atoms with E-state index in [0.29, 0.717) is 31.5 Å². The fourth-order valence-corrected chi connectivity index (χ4v) is 3.15. The molecule has 1 amide bonds. The molecule has 0 atom stereocenters. The van der Waals surface area contributed by atoms with E-state index in [1.807, 2.05) is 12.1 Å². The minimum absolute atomic E-state index is 0.0586. The third-order valence-electron chi connectivity index (χ3n) is 4.40. The molecule has 1 aliphatic rings. The van der Waals surface area contributed by atoms with Crippen LogP contribution in [-0.2, 0) is 11.3 Å². The maximum absolute atomic E-state index is 12.6. The van der Waals surface area contributed by atoms with E-state index in [9.17, 15) is 9.90 Å². The zero-order valence-corrected chi connectivity index (χ0v) is 13.5. The average molecular weight is 312 g/mol. The zero-order valence-electron chi connectivity index (χ0n) is 13.5. The summed E-state index contributed by atoms with van der Waals surface area (Å²) in [5.41, 5.74) is 0.637. The van der Waals surface area contributed by atoms with Crippen LogP contribution >= 0.6 is 0 Å². The number of rotatable bonds is 6. The van der Waals surface area contributed by atoms with Crippen molar-refractivity contribution in [2.75, 3.05) is 6.54 Å². The van der Waals surface area contributed by atoms with Gasteiger partial charge in [0.25, 0.3) is 0 Å². The standard InChI is InChI=1S/C19H24N2O2/c1-2-11-21(15-17-8-6-7-16(12-17)14-20)18(22)13-19(23)9-4-3-5-10-19/h2,6-8,12,23H,1,3-5,9-11,13,15H2. The fourth-order valence-electron chi connectivity index (χ4n) is 3.15. The number of aliphatic hydroxyl groups is 1. The molecule has 1 aliphatic carbocycles. The summed E-state index contributed by atoms with van der Waals surface area (Å²) in [6.07, 6.45) is 6.35. The van der Waals surface area contributed by atoms with Gasteiger partial charge in [0.1, 0.15) is 0 Å². The van der Waals surface area contributed by atoms with Crippen molar-refractivity contribution in [2.24, 2.45) is 0 Å². The van der Waals surface area contributed by atoms with E-state index >= 15 is 0 Å². The molecule has 122 valence electrons. The van der Waals surface area contributed by atoms with Crippen molar-refractivity contribution in [2.45, 2.75) is 50.7 Å². The molecule has 2 rings (SSSR count). The number of nitriles is 1. The van der Waals surface area contributed by atoms with Crippen LogP contribution in [0.3, 0.4) is 0 Å². The molecule has 1 aromatic rings. The van der Waals surface area contributed by atoms with Crippen LogP contribution in [0.2, 0.25) is 0 Å². The zero-order chi connectivity index (χ0) is 16.7. The number of carbonyl (C=O) groups excluding carboxylic acids is 1. The van der Waals surface area contributed by atoms with Gasteiger partial charge in [-0.25, -0.2) is 0 Å². The summed E-state index contributed by atoms with van der Waals surface area (Å²) < 4.78 is 0. The molecule has 1 N–H and O–H groups in total. The SMILES string of the molecule is C=CCN(Cc1cccc(C#N)c1)C(=O)CC1(O)CCCCC1. The molecule has 1 aromatic carbocycles. The van der Waals surface area contributed by atoms with E-state index in [2.05, 4.69) is 12.6 Å². The Kier molecular flexibility index (Phi) is 5.95. The minimum atomic E-state index is -0.858. The van der Waals surface area contributed by atoms with E-state index in [4.69, 9.17) is 5.26 Å². The summed E-state index contributed by atoms with van der Waals surface area (Å²) in [5, 5.41) is 19.6. The van der Waals surface area contributed by atoms with Crippen LogP contribution in [0.15, 0.2) is 36.9 Å². The quantitative estimate of drug-likeness (QED) is 0.821. The molecule has 1 fully saturated rings. The first kappa shape index (κ1) is 17.2. The second-order valence-electron chi connectivity index (χ2n) is 6.34. The lowest BCUT2D eigenvalue weighted by atomic mass is 9.82. The molecule has 1 saturated carbocycles. The number of benzene rings is 1. The number of carbonyl (C=O) groups is 1. The van der Waals surface area contributed by atoms with E-state index < -0.39 is 5.60 Å². The van der Waals surface area contributed by atoms with Crippen molar-refractivity contribution in [1.82, 2.24) is 4.90 Å². The van der Waals surface area contributed by atoms with Gasteiger partial charge in [0, 0.05) is 13.1 Å². The van der Waals surface area contributed by atoms with Crippen LogP contribution in [0.5, 0.6) is 0 Å².